The van der Waals surface area contributed by atoms with Crippen molar-refractivity contribution in [2.24, 2.45) is 0 Å². The number of nitrogens with zero attached hydrogens (tertiary/aromatic N) is 2. The number of carbonyl (C=O) groups is 1. The summed E-state index contributed by atoms with van der Waals surface area (Å²) in [4.78, 5) is 17.9. The highest BCUT2D eigenvalue weighted by atomic mass is 19.1. The van der Waals surface area contributed by atoms with Crippen molar-refractivity contribution in [2.45, 2.75) is 62.1 Å². The maximum absolute atomic E-state index is 14.1. The first kappa shape index (κ1) is 26.7. The van der Waals surface area contributed by atoms with Crippen LogP contribution < -0.4 is 20.1 Å². The second-order valence-corrected chi connectivity index (χ2v) is 11.0. The molecule has 206 valence electrons. The zero-order valence-electron chi connectivity index (χ0n) is 22.4. The molecule has 3 fully saturated rings. The number of piperidine rings is 1. The van der Waals surface area contributed by atoms with E-state index in [0.717, 1.165) is 82.1 Å². The van der Waals surface area contributed by atoms with Crippen molar-refractivity contribution in [3.63, 3.8) is 0 Å². The summed E-state index contributed by atoms with van der Waals surface area (Å²) >= 11 is 0. The summed E-state index contributed by atoms with van der Waals surface area (Å²) in [5.41, 5.74) is 1.04. The number of benzene rings is 2. The Morgan fingerprint density at radius 1 is 0.974 bits per heavy atom. The molecule has 9 heteroatoms. The smallest absolute Gasteiger partial charge is 0.319 e. The number of ether oxygens (including phenoxy) is 2. The van der Waals surface area contributed by atoms with Crippen LogP contribution in [0.3, 0.4) is 0 Å². The third-order valence-electron chi connectivity index (χ3n) is 8.93. The summed E-state index contributed by atoms with van der Waals surface area (Å²) in [5.74, 6) is 0.180. The molecule has 2 amide bonds. The van der Waals surface area contributed by atoms with Crippen molar-refractivity contribution in [2.75, 3.05) is 46.2 Å². The number of hydrogen-bond donors (Lipinski definition) is 2. The molecule has 7 nitrogen and oxygen atoms in total. The minimum Gasteiger partial charge on any atom is -0.493 e. The summed E-state index contributed by atoms with van der Waals surface area (Å²) in [6, 6.07) is 9.49. The number of anilines is 1. The molecule has 0 unspecified atom stereocenters. The van der Waals surface area contributed by atoms with Crippen molar-refractivity contribution >= 4 is 11.7 Å². The molecule has 2 heterocycles. The monoisotopic (exact) mass is 528 g/mol. The SMILES string of the molecule is COc1ccc([C@@]23CC[C@@H](NC(=O)Nc4cc(F)ccc4F)C[C@@H]2N(C2CCN(C)CC2)CC3)cc1OC. The fourth-order valence-electron chi connectivity index (χ4n) is 6.90. The summed E-state index contributed by atoms with van der Waals surface area (Å²) in [6.07, 6.45) is 5.81. The third-order valence-corrected chi connectivity index (χ3v) is 8.93. The number of rotatable bonds is 6. The van der Waals surface area contributed by atoms with Crippen LogP contribution in [0, 0.1) is 11.6 Å². The number of amides is 2. The first-order chi connectivity index (χ1) is 18.3. The fraction of sp³-hybridized carbons (Fsp3) is 0.552. The Hall–Kier alpha value is -2.91. The van der Waals surface area contributed by atoms with Crippen LogP contribution in [0.25, 0.3) is 0 Å². The van der Waals surface area contributed by atoms with Gasteiger partial charge in [-0.2, -0.15) is 0 Å². The average Bonchev–Trinajstić information content (AvgIpc) is 3.30. The van der Waals surface area contributed by atoms with Crippen molar-refractivity contribution < 1.29 is 23.0 Å². The summed E-state index contributed by atoms with van der Waals surface area (Å²) in [7, 11) is 5.49. The maximum atomic E-state index is 14.1. The van der Waals surface area contributed by atoms with Crippen molar-refractivity contribution in [1.29, 1.82) is 0 Å². The molecule has 2 aromatic carbocycles. The lowest BCUT2D eigenvalue weighted by Gasteiger charge is -2.48. The first-order valence-corrected chi connectivity index (χ1v) is 13.5. The zero-order valence-corrected chi connectivity index (χ0v) is 22.4. The van der Waals surface area contributed by atoms with Crippen LogP contribution in [0.15, 0.2) is 36.4 Å². The number of methoxy groups -OCH3 is 2. The van der Waals surface area contributed by atoms with Crippen LogP contribution in [0.5, 0.6) is 11.5 Å². The van der Waals surface area contributed by atoms with E-state index in [0.29, 0.717) is 11.8 Å². The van der Waals surface area contributed by atoms with E-state index >= 15 is 0 Å². The van der Waals surface area contributed by atoms with Crippen LogP contribution in [0.2, 0.25) is 0 Å². The van der Waals surface area contributed by atoms with Gasteiger partial charge in [0.05, 0.1) is 19.9 Å². The molecule has 2 aromatic rings. The van der Waals surface area contributed by atoms with Crippen LogP contribution in [0.4, 0.5) is 19.3 Å². The van der Waals surface area contributed by atoms with Gasteiger partial charge in [-0.3, -0.25) is 4.90 Å². The largest absolute Gasteiger partial charge is 0.493 e. The van der Waals surface area contributed by atoms with Gasteiger partial charge in [0.1, 0.15) is 11.6 Å². The lowest BCUT2D eigenvalue weighted by Crippen LogP contribution is -2.56. The molecular weight excluding hydrogens is 490 g/mol. The van der Waals surface area contributed by atoms with Gasteiger partial charge < -0.3 is 25.0 Å². The van der Waals surface area contributed by atoms with Crippen LogP contribution >= 0.6 is 0 Å². The van der Waals surface area contributed by atoms with E-state index in [1.165, 1.54) is 5.56 Å². The Bertz CT molecular complexity index is 1160. The number of hydrogen-bond acceptors (Lipinski definition) is 5. The Morgan fingerprint density at radius 3 is 2.47 bits per heavy atom. The molecule has 3 aliphatic rings. The van der Waals surface area contributed by atoms with E-state index in [2.05, 4.69) is 39.6 Å². The number of carbonyl (C=O) groups excluding carboxylic acids is 1. The van der Waals surface area contributed by atoms with Gasteiger partial charge in [0, 0.05) is 29.6 Å². The molecule has 3 atom stereocenters. The highest BCUT2D eigenvalue weighted by Gasteiger charge is 2.53. The molecule has 2 aliphatic heterocycles. The molecule has 0 aromatic heterocycles. The van der Waals surface area contributed by atoms with Crippen LogP contribution in [0.1, 0.15) is 44.1 Å². The van der Waals surface area contributed by atoms with E-state index in [4.69, 9.17) is 9.47 Å². The fourth-order valence-corrected chi connectivity index (χ4v) is 6.90. The van der Waals surface area contributed by atoms with Gasteiger partial charge >= 0.3 is 6.03 Å². The highest BCUT2D eigenvalue weighted by molar-refractivity contribution is 5.89. The molecule has 2 saturated heterocycles. The Kier molecular flexibility index (Phi) is 7.77. The molecule has 38 heavy (non-hydrogen) atoms. The van der Waals surface area contributed by atoms with Crippen LogP contribution in [-0.4, -0.2) is 74.9 Å². The zero-order chi connectivity index (χ0) is 26.9. The average molecular weight is 529 g/mol. The van der Waals surface area contributed by atoms with Crippen molar-refractivity contribution in [3.8, 4) is 11.5 Å². The second-order valence-electron chi connectivity index (χ2n) is 11.0. The quantitative estimate of drug-likeness (QED) is 0.566. The van der Waals surface area contributed by atoms with E-state index in [1.807, 2.05) is 6.07 Å². The normalized spacial score (nSPS) is 26.6. The second kappa shape index (κ2) is 11.1. The Morgan fingerprint density at radius 2 is 1.74 bits per heavy atom. The molecule has 0 spiro atoms. The lowest BCUT2D eigenvalue weighted by molar-refractivity contribution is 0.0673. The molecular formula is C29H38F2N4O3. The van der Waals surface area contributed by atoms with Crippen molar-refractivity contribution in [1.82, 2.24) is 15.1 Å². The summed E-state index contributed by atoms with van der Waals surface area (Å²) in [6.45, 7) is 3.18. The van der Waals surface area contributed by atoms with Gasteiger partial charge in [-0.15, -0.1) is 0 Å². The molecule has 2 N–H and O–H groups in total. The topological polar surface area (TPSA) is 66.1 Å². The van der Waals surface area contributed by atoms with Crippen LogP contribution in [-0.2, 0) is 5.41 Å². The van der Waals surface area contributed by atoms with E-state index in [9.17, 15) is 13.6 Å². The highest BCUT2D eigenvalue weighted by Crippen LogP contribution is 2.51. The number of fused-ring (bicyclic) bond motifs is 1. The molecule has 0 bridgehead atoms. The van der Waals surface area contributed by atoms with Gasteiger partial charge in [0.15, 0.2) is 11.5 Å². The van der Waals surface area contributed by atoms with E-state index in [1.54, 1.807) is 14.2 Å². The summed E-state index contributed by atoms with van der Waals surface area (Å²) < 4.78 is 38.8. The molecule has 1 saturated carbocycles. The number of nitrogens with one attached hydrogen (secondary N) is 2. The predicted octanol–water partition coefficient (Wildman–Crippen LogP) is 4.76. The minimum absolute atomic E-state index is 0.0494. The third kappa shape index (κ3) is 5.18. The van der Waals surface area contributed by atoms with Gasteiger partial charge in [-0.25, -0.2) is 13.6 Å². The maximum Gasteiger partial charge on any atom is 0.319 e. The number of likely N-dealkylation sites (tertiary alicyclic amines) is 2. The first-order valence-electron chi connectivity index (χ1n) is 13.5. The Balaban J connectivity index is 1.38. The number of urea groups is 1. The van der Waals surface area contributed by atoms with Crippen molar-refractivity contribution in [3.05, 3.63) is 53.6 Å². The number of halogens is 2. The standard InChI is InChI=1S/C29H38F2N4O3/c1-34-13-9-22(10-14-34)35-15-12-29(19-4-7-25(37-2)26(16-19)38-3)11-8-21(18-27(29)35)32-28(36)33-24-17-20(30)5-6-23(24)31/h4-7,16-17,21-22,27H,8-15,18H2,1-3H3,(H2,32,33,36)/t21-,27+,29+/m1/s1. The molecule has 0 radical (unpaired) electrons. The lowest BCUT2D eigenvalue weighted by atomic mass is 9.65. The summed E-state index contributed by atoms with van der Waals surface area (Å²) in [5, 5.41) is 5.54. The van der Waals surface area contributed by atoms with E-state index < -0.39 is 17.7 Å². The molecule has 5 rings (SSSR count). The predicted molar refractivity (Wildman–Crippen MR) is 143 cm³/mol. The van der Waals surface area contributed by atoms with E-state index in [-0.39, 0.29) is 23.2 Å². The minimum atomic E-state index is -0.665. The van der Waals surface area contributed by atoms with Gasteiger partial charge in [-0.05, 0) is 95.0 Å². The van der Waals surface area contributed by atoms with Gasteiger partial charge in [0.2, 0.25) is 0 Å². The molecule has 1 aliphatic carbocycles. The van der Waals surface area contributed by atoms with Gasteiger partial charge in [0.25, 0.3) is 0 Å². The Labute approximate surface area is 223 Å². The van der Waals surface area contributed by atoms with Gasteiger partial charge in [-0.1, -0.05) is 6.07 Å².